The summed E-state index contributed by atoms with van der Waals surface area (Å²) in [5.41, 5.74) is 5.77. The molecule has 0 atom stereocenters. The van der Waals surface area contributed by atoms with E-state index in [0.717, 1.165) is 6.07 Å². The fourth-order valence-corrected chi connectivity index (χ4v) is 3.47. The van der Waals surface area contributed by atoms with Crippen molar-refractivity contribution in [3.63, 3.8) is 0 Å². The molecule has 0 saturated heterocycles. The van der Waals surface area contributed by atoms with E-state index in [1.807, 2.05) is 0 Å². The standard InChI is InChI=1S/C12H17FN2O2S2/c1-3-15(7-6-12(14)18)19(16,17)11-5-4-10(13)8-9(11)2/h4-5,8H,3,6-7H2,1-2H3,(H2,14,18). The van der Waals surface area contributed by atoms with E-state index >= 15 is 0 Å². The Hall–Kier alpha value is -1.05. The molecule has 0 amide bonds. The summed E-state index contributed by atoms with van der Waals surface area (Å²) in [5.74, 6) is -0.456. The number of aryl methyl sites for hydroxylation is 1. The highest BCUT2D eigenvalue weighted by Gasteiger charge is 2.24. The van der Waals surface area contributed by atoms with Crippen molar-refractivity contribution in [3.8, 4) is 0 Å². The predicted octanol–water partition coefficient (Wildman–Crippen LogP) is 1.82. The summed E-state index contributed by atoms with van der Waals surface area (Å²) in [6, 6.07) is 3.62. The molecule has 0 unspecified atom stereocenters. The van der Waals surface area contributed by atoms with Crippen molar-refractivity contribution >= 4 is 27.2 Å². The molecule has 0 aliphatic rings. The molecule has 4 nitrogen and oxygen atoms in total. The lowest BCUT2D eigenvalue weighted by atomic mass is 10.2. The maximum Gasteiger partial charge on any atom is 0.243 e. The van der Waals surface area contributed by atoms with Gasteiger partial charge in [0.2, 0.25) is 10.0 Å². The van der Waals surface area contributed by atoms with Crippen molar-refractivity contribution in [1.82, 2.24) is 4.31 Å². The van der Waals surface area contributed by atoms with Crippen molar-refractivity contribution < 1.29 is 12.8 Å². The Morgan fingerprint density at radius 3 is 2.58 bits per heavy atom. The molecule has 0 aromatic heterocycles. The fourth-order valence-electron chi connectivity index (χ4n) is 1.72. The van der Waals surface area contributed by atoms with Gasteiger partial charge in [-0.15, -0.1) is 0 Å². The van der Waals surface area contributed by atoms with Crippen LogP contribution in [0.5, 0.6) is 0 Å². The molecule has 19 heavy (non-hydrogen) atoms. The number of benzene rings is 1. The quantitative estimate of drug-likeness (QED) is 0.814. The summed E-state index contributed by atoms with van der Waals surface area (Å²) in [6.45, 7) is 3.83. The molecule has 2 N–H and O–H groups in total. The van der Waals surface area contributed by atoms with Gasteiger partial charge in [0.1, 0.15) is 5.82 Å². The molecule has 0 spiro atoms. The Morgan fingerprint density at radius 1 is 1.47 bits per heavy atom. The number of nitrogens with zero attached hydrogens (tertiary/aromatic N) is 1. The third-order valence-electron chi connectivity index (χ3n) is 2.72. The van der Waals surface area contributed by atoms with Gasteiger partial charge in [0.15, 0.2) is 0 Å². The van der Waals surface area contributed by atoms with Crippen LogP contribution in [-0.2, 0) is 10.0 Å². The lowest BCUT2D eigenvalue weighted by Gasteiger charge is -2.21. The van der Waals surface area contributed by atoms with Crippen LogP contribution in [0.25, 0.3) is 0 Å². The molecule has 0 radical (unpaired) electrons. The summed E-state index contributed by atoms with van der Waals surface area (Å²) >= 11 is 4.75. The number of rotatable bonds is 6. The zero-order chi connectivity index (χ0) is 14.6. The summed E-state index contributed by atoms with van der Waals surface area (Å²) in [7, 11) is -3.64. The van der Waals surface area contributed by atoms with E-state index in [1.54, 1.807) is 13.8 Å². The van der Waals surface area contributed by atoms with E-state index in [1.165, 1.54) is 16.4 Å². The van der Waals surface area contributed by atoms with E-state index in [9.17, 15) is 12.8 Å². The van der Waals surface area contributed by atoms with Crippen LogP contribution in [0.15, 0.2) is 23.1 Å². The maximum atomic E-state index is 13.0. The monoisotopic (exact) mass is 304 g/mol. The predicted molar refractivity (Wildman–Crippen MR) is 77.0 cm³/mol. The van der Waals surface area contributed by atoms with E-state index in [-0.39, 0.29) is 16.4 Å². The van der Waals surface area contributed by atoms with Crippen LogP contribution in [0.4, 0.5) is 4.39 Å². The third kappa shape index (κ3) is 3.95. The van der Waals surface area contributed by atoms with Crippen molar-refractivity contribution in [2.75, 3.05) is 13.1 Å². The average molecular weight is 304 g/mol. The van der Waals surface area contributed by atoms with Crippen molar-refractivity contribution in [3.05, 3.63) is 29.6 Å². The Labute approximate surface area is 118 Å². The molecule has 7 heteroatoms. The van der Waals surface area contributed by atoms with Gasteiger partial charge in [-0.05, 0) is 30.7 Å². The Morgan fingerprint density at radius 2 is 2.11 bits per heavy atom. The lowest BCUT2D eigenvalue weighted by Crippen LogP contribution is -2.34. The van der Waals surface area contributed by atoms with E-state index in [0.29, 0.717) is 18.5 Å². The van der Waals surface area contributed by atoms with E-state index < -0.39 is 15.8 Å². The van der Waals surface area contributed by atoms with Crippen LogP contribution in [0.2, 0.25) is 0 Å². The molecule has 1 rings (SSSR count). The molecule has 0 saturated carbocycles. The Balaban J connectivity index is 3.09. The Kier molecular flexibility index (Phi) is 5.39. The topological polar surface area (TPSA) is 63.4 Å². The highest BCUT2D eigenvalue weighted by molar-refractivity contribution is 7.89. The molecular formula is C12H17FN2O2S2. The van der Waals surface area contributed by atoms with Gasteiger partial charge >= 0.3 is 0 Å². The van der Waals surface area contributed by atoms with Crippen LogP contribution in [-0.4, -0.2) is 30.8 Å². The molecule has 0 bridgehead atoms. The molecular weight excluding hydrogens is 287 g/mol. The number of nitrogens with two attached hydrogens (primary N) is 1. The molecule has 0 fully saturated rings. The molecule has 0 heterocycles. The zero-order valence-corrected chi connectivity index (χ0v) is 12.5. The van der Waals surface area contributed by atoms with Crippen LogP contribution < -0.4 is 5.73 Å². The number of hydrogen-bond acceptors (Lipinski definition) is 3. The molecule has 1 aromatic rings. The van der Waals surface area contributed by atoms with E-state index in [4.69, 9.17) is 18.0 Å². The highest BCUT2D eigenvalue weighted by atomic mass is 32.2. The molecule has 106 valence electrons. The van der Waals surface area contributed by atoms with Gasteiger partial charge in [-0.1, -0.05) is 19.1 Å². The first-order valence-corrected chi connectivity index (χ1v) is 7.68. The summed E-state index contributed by atoms with van der Waals surface area (Å²) in [6.07, 6.45) is 0.322. The second kappa shape index (κ2) is 6.40. The smallest absolute Gasteiger partial charge is 0.243 e. The van der Waals surface area contributed by atoms with Gasteiger partial charge in [0.25, 0.3) is 0 Å². The van der Waals surface area contributed by atoms with Crippen LogP contribution in [0.1, 0.15) is 18.9 Å². The van der Waals surface area contributed by atoms with Gasteiger partial charge < -0.3 is 5.73 Å². The molecule has 1 aromatic carbocycles. The minimum absolute atomic E-state index is 0.110. The normalized spacial score (nSPS) is 11.8. The third-order valence-corrected chi connectivity index (χ3v) is 5.05. The minimum Gasteiger partial charge on any atom is -0.393 e. The van der Waals surface area contributed by atoms with E-state index in [2.05, 4.69) is 0 Å². The summed E-state index contributed by atoms with van der Waals surface area (Å²) < 4.78 is 39.2. The lowest BCUT2D eigenvalue weighted by molar-refractivity contribution is 0.437. The summed E-state index contributed by atoms with van der Waals surface area (Å²) in [5, 5.41) is 0. The SMILES string of the molecule is CCN(CCC(N)=S)S(=O)(=O)c1ccc(F)cc1C. The van der Waals surface area contributed by atoms with Gasteiger partial charge in [0.05, 0.1) is 9.88 Å². The zero-order valence-electron chi connectivity index (χ0n) is 10.9. The first-order valence-electron chi connectivity index (χ1n) is 5.83. The molecule has 0 aliphatic heterocycles. The van der Waals surface area contributed by atoms with Gasteiger partial charge in [-0.25, -0.2) is 12.8 Å². The second-order valence-electron chi connectivity index (χ2n) is 4.12. The van der Waals surface area contributed by atoms with Gasteiger partial charge in [0, 0.05) is 19.5 Å². The van der Waals surface area contributed by atoms with Crippen molar-refractivity contribution in [2.45, 2.75) is 25.2 Å². The van der Waals surface area contributed by atoms with Gasteiger partial charge in [-0.3, -0.25) is 0 Å². The molecule has 0 aliphatic carbocycles. The first-order chi connectivity index (χ1) is 8.78. The van der Waals surface area contributed by atoms with Crippen LogP contribution in [0.3, 0.4) is 0 Å². The summed E-state index contributed by atoms with van der Waals surface area (Å²) in [4.78, 5) is 0.378. The maximum absolute atomic E-state index is 13.0. The number of halogens is 1. The first kappa shape index (κ1) is 16.0. The number of hydrogen-bond donors (Lipinski definition) is 1. The van der Waals surface area contributed by atoms with Crippen LogP contribution in [0, 0.1) is 12.7 Å². The Bertz CT molecular complexity index is 573. The highest BCUT2D eigenvalue weighted by Crippen LogP contribution is 2.20. The van der Waals surface area contributed by atoms with Crippen molar-refractivity contribution in [1.29, 1.82) is 0 Å². The number of sulfonamides is 1. The number of thiocarbonyl (C=S) groups is 1. The minimum atomic E-state index is -3.64. The van der Waals surface area contributed by atoms with Gasteiger partial charge in [-0.2, -0.15) is 4.31 Å². The fraction of sp³-hybridized carbons (Fsp3) is 0.417. The largest absolute Gasteiger partial charge is 0.393 e. The van der Waals surface area contributed by atoms with Crippen LogP contribution >= 0.6 is 12.2 Å². The van der Waals surface area contributed by atoms with Crippen molar-refractivity contribution in [2.24, 2.45) is 5.73 Å². The second-order valence-corrected chi connectivity index (χ2v) is 6.55. The average Bonchev–Trinajstić information content (AvgIpc) is 2.28.